The molecule has 0 aromatic carbocycles. The van der Waals surface area contributed by atoms with E-state index < -0.39 is 0 Å². The van der Waals surface area contributed by atoms with E-state index in [1.165, 1.54) is 25.7 Å². The van der Waals surface area contributed by atoms with Crippen LogP contribution in [0.1, 0.15) is 51.9 Å². The van der Waals surface area contributed by atoms with Crippen molar-refractivity contribution in [2.45, 2.75) is 57.9 Å². The third kappa shape index (κ3) is 13.8. The Hall–Kier alpha value is -0.200. The van der Waals surface area contributed by atoms with Crippen LogP contribution >= 0.6 is 0 Å². The summed E-state index contributed by atoms with van der Waals surface area (Å²) in [6, 6.07) is 0.328. The van der Waals surface area contributed by atoms with Crippen molar-refractivity contribution in [1.82, 2.24) is 0 Å². The average molecular weight is 221 g/mol. The lowest BCUT2D eigenvalue weighted by molar-refractivity contribution is -0.623. The van der Waals surface area contributed by atoms with E-state index in [0.29, 0.717) is 12.6 Å². The Labute approximate surface area is 91.3 Å². The predicted molar refractivity (Wildman–Crippen MR) is 56.7 cm³/mol. The molecule has 0 radical (unpaired) electrons. The van der Waals surface area contributed by atoms with Crippen molar-refractivity contribution < 1.29 is 20.2 Å². The lowest BCUT2D eigenvalue weighted by Gasteiger charge is -2.04. The molecule has 5 nitrogen and oxygen atoms in total. The van der Waals surface area contributed by atoms with Gasteiger partial charge < -0.3 is 5.73 Å². The van der Waals surface area contributed by atoms with Crippen LogP contribution in [-0.4, -0.2) is 17.9 Å². The minimum Gasteiger partial charge on any atom is -0.328 e. The van der Waals surface area contributed by atoms with Crippen molar-refractivity contribution in [2.24, 2.45) is 5.73 Å². The molecule has 0 saturated heterocycles. The summed E-state index contributed by atoms with van der Waals surface area (Å²) in [4.78, 5) is 4.45. The summed E-state index contributed by atoms with van der Waals surface area (Å²) in [7, 11) is 0. The first-order valence-corrected chi connectivity index (χ1v) is 5.62. The quantitative estimate of drug-likeness (QED) is 0.318. The standard InChI is InChI=1S/C10H23NO4/c1-10(11)8-6-4-2-3-5-7-9-13-15-14-12/h10,12H,2-9,11H2,1H3. The highest BCUT2D eigenvalue weighted by Gasteiger charge is 1.95. The Morgan fingerprint density at radius 2 is 1.67 bits per heavy atom. The molecule has 0 saturated carbocycles. The van der Waals surface area contributed by atoms with Gasteiger partial charge in [-0.25, -0.2) is 10.1 Å². The molecule has 92 valence electrons. The Morgan fingerprint density at radius 1 is 1.07 bits per heavy atom. The van der Waals surface area contributed by atoms with Gasteiger partial charge in [0.25, 0.3) is 0 Å². The molecule has 0 bridgehead atoms. The molecule has 0 aromatic rings. The monoisotopic (exact) mass is 221 g/mol. The zero-order valence-corrected chi connectivity index (χ0v) is 9.48. The zero-order valence-electron chi connectivity index (χ0n) is 9.48. The van der Waals surface area contributed by atoms with Crippen LogP contribution in [0.2, 0.25) is 0 Å². The lowest BCUT2D eigenvalue weighted by Crippen LogP contribution is -2.13. The Bertz CT molecular complexity index is 122. The van der Waals surface area contributed by atoms with Gasteiger partial charge in [-0.15, -0.1) is 0 Å². The predicted octanol–water partition coefficient (Wildman–Crippen LogP) is 2.42. The smallest absolute Gasteiger partial charge is 0.0854 e. The van der Waals surface area contributed by atoms with Gasteiger partial charge in [0.2, 0.25) is 0 Å². The molecule has 0 amide bonds. The molecule has 0 aliphatic rings. The largest absolute Gasteiger partial charge is 0.328 e. The minimum absolute atomic E-state index is 0.328. The van der Waals surface area contributed by atoms with Gasteiger partial charge in [-0.1, -0.05) is 32.1 Å². The summed E-state index contributed by atoms with van der Waals surface area (Å²) >= 11 is 0. The Balaban J connectivity index is 2.87. The molecule has 0 rings (SSSR count). The zero-order chi connectivity index (χ0) is 11.4. The second kappa shape index (κ2) is 11.9. The highest BCUT2D eigenvalue weighted by molar-refractivity contribution is 4.53. The van der Waals surface area contributed by atoms with Gasteiger partial charge in [0.1, 0.15) is 0 Å². The van der Waals surface area contributed by atoms with Crippen molar-refractivity contribution in [1.29, 1.82) is 0 Å². The van der Waals surface area contributed by atoms with Gasteiger partial charge in [-0.05, 0) is 29.8 Å². The fraction of sp³-hybridized carbons (Fsp3) is 1.00. The van der Waals surface area contributed by atoms with E-state index in [2.05, 4.69) is 15.0 Å². The third-order valence-corrected chi connectivity index (χ3v) is 2.22. The summed E-state index contributed by atoms with van der Waals surface area (Å²) in [6.45, 7) is 2.49. The second-order valence-corrected chi connectivity index (χ2v) is 3.85. The van der Waals surface area contributed by atoms with Gasteiger partial charge >= 0.3 is 0 Å². The molecule has 1 atom stereocenters. The van der Waals surface area contributed by atoms with Crippen LogP contribution in [0.15, 0.2) is 0 Å². The van der Waals surface area contributed by atoms with E-state index >= 15 is 0 Å². The van der Waals surface area contributed by atoms with E-state index in [4.69, 9.17) is 11.0 Å². The summed E-state index contributed by atoms with van der Waals surface area (Å²) in [5.74, 6) is 0. The van der Waals surface area contributed by atoms with Crippen LogP contribution in [0.25, 0.3) is 0 Å². The van der Waals surface area contributed by atoms with Crippen LogP contribution in [0.4, 0.5) is 0 Å². The van der Waals surface area contributed by atoms with Gasteiger partial charge in [0, 0.05) is 6.04 Å². The molecule has 0 aliphatic carbocycles. The summed E-state index contributed by atoms with van der Waals surface area (Å²) in [5, 5.41) is 14.9. The van der Waals surface area contributed by atoms with Gasteiger partial charge in [0.05, 0.1) is 6.61 Å². The maximum Gasteiger partial charge on any atom is 0.0854 e. The van der Waals surface area contributed by atoms with E-state index in [1.54, 1.807) is 0 Å². The molecule has 1 unspecified atom stereocenters. The van der Waals surface area contributed by atoms with Gasteiger partial charge in [-0.2, -0.15) is 0 Å². The molecule has 0 heterocycles. The van der Waals surface area contributed by atoms with Crippen molar-refractivity contribution in [3.8, 4) is 0 Å². The van der Waals surface area contributed by atoms with Gasteiger partial charge in [-0.3, -0.25) is 0 Å². The molecule has 0 spiro atoms. The number of nitrogens with two attached hydrogens (primary N) is 1. The molecule has 0 fully saturated rings. The first-order chi connectivity index (χ1) is 7.27. The Morgan fingerprint density at radius 3 is 2.27 bits per heavy atom. The van der Waals surface area contributed by atoms with Gasteiger partial charge in [0.15, 0.2) is 0 Å². The van der Waals surface area contributed by atoms with Crippen LogP contribution < -0.4 is 5.73 Å². The highest BCUT2D eigenvalue weighted by Crippen LogP contribution is 2.08. The SMILES string of the molecule is CC(N)CCCCCCCCOOOO. The topological polar surface area (TPSA) is 73.9 Å². The van der Waals surface area contributed by atoms with Crippen LogP contribution in [0.3, 0.4) is 0 Å². The minimum atomic E-state index is 0.328. The molecular weight excluding hydrogens is 198 g/mol. The summed E-state index contributed by atoms with van der Waals surface area (Å²) in [5.41, 5.74) is 5.64. The second-order valence-electron chi connectivity index (χ2n) is 3.85. The molecular formula is C10H23NO4. The van der Waals surface area contributed by atoms with Crippen LogP contribution in [-0.2, 0) is 15.0 Å². The van der Waals surface area contributed by atoms with Crippen LogP contribution in [0, 0.1) is 0 Å². The number of hydrogen-bond acceptors (Lipinski definition) is 5. The maximum absolute atomic E-state index is 7.75. The van der Waals surface area contributed by atoms with E-state index in [-0.39, 0.29) is 0 Å². The summed E-state index contributed by atoms with van der Waals surface area (Å²) in [6.07, 6.45) is 8.04. The molecule has 15 heavy (non-hydrogen) atoms. The molecule has 5 heteroatoms. The lowest BCUT2D eigenvalue weighted by atomic mass is 10.1. The highest BCUT2D eigenvalue weighted by atomic mass is 17.6. The number of rotatable bonds is 11. The number of hydrogen-bond donors (Lipinski definition) is 2. The maximum atomic E-state index is 7.75. The fourth-order valence-electron chi connectivity index (χ4n) is 1.39. The fourth-order valence-corrected chi connectivity index (χ4v) is 1.39. The van der Waals surface area contributed by atoms with Crippen LogP contribution in [0.5, 0.6) is 0 Å². The van der Waals surface area contributed by atoms with E-state index in [0.717, 1.165) is 19.3 Å². The van der Waals surface area contributed by atoms with E-state index in [1.807, 2.05) is 6.92 Å². The third-order valence-electron chi connectivity index (χ3n) is 2.22. The molecule has 0 aromatic heterocycles. The Kier molecular flexibility index (Phi) is 11.7. The average Bonchev–Trinajstić information content (AvgIpc) is 2.20. The van der Waals surface area contributed by atoms with E-state index in [9.17, 15) is 0 Å². The van der Waals surface area contributed by atoms with Crippen molar-refractivity contribution in [3.05, 3.63) is 0 Å². The number of unbranched alkanes of at least 4 members (excludes halogenated alkanes) is 5. The first kappa shape index (κ1) is 14.8. The molecule has 0 aliphatic heterocycles. The normalized spacial score (nSPS) is 13.0. The van der Waals surface area contributed by atoms with Crippen molar-refractivity contribution in [3.63, 3.8) is 0 Å². The van der Waals surface area contributed by atoms with Crippen molar-refractivity contribution in [2.75, 3.05) is 6.61 Å². The summed E-state index contributed by atoms with van der Waals surface area (Å²) < 4.78 is 0. The first-order valence-electron chi connectivity index (χ1n) is 5.62. The van der Waals surface area contributed by atoms with Crippen molar-refractivity contribution >= 4 is 0 Å². The molecule has 3 N–H and O–H groups in total.